The third kappa shape index (κ3) is 2.07. The average molecular weight is 350 g/mol. The molecule has 1 saturated carbocycles. The van der Waals surface area contributed by atoms with Crippen molar-refractivity contribution in [2.24, 2.45) is 0 Å². The van der Waals surface area contributed by atoms with E-state index >= 15 is 0 Å². The number of carbonyl (C=O) groups is 1. The van der Waals surface area contributed by atoms with Crippen molar-refractivity contribution < 1.29 is 13.9 Å². The lowest BCUT2D eigenvalue weighted by molar-refractivity contribution is 0.0255. The van der Waals surface area contributed by atoms with Crippen LogP contribution < -0.4 is 0 Å². The van der Waals surface area contributed by atoms with Gasteiger partial charge in [-0.05, 0) is 36.8 Å². The maximum absolute atomic E-state index is 13.2. The van der Waals surface area contributed by atoms with Crippen LogP contribution in [0.1, 0.15) is 41.2 Å². The molecule has 1 aliphatic carbocycles. The summed E-state index contributed by atoms with van der Waals surface area (Å²) in [5.41, 5.74) is 3.45. The van der Waals surface area contributed by atoms with Gasteiger partial charge in [-0.3, -0.25) is 9.20 Å². The summed E-state index contributed by atoms with van der Waals surface area (Å²) in [7, 11) is 0. The van der Waals surface area contributed by atoms with Crippen molar-refractivity contribution >= 4 is 11.6 Å². The van der Waals surface area contributed by atoms with Gasteiger partial charge in [0.15, 0.2) is 12.2 Å². The second-order valence-electron chi connectivity index (χ2n) is 7.47. The lowest BCUT2D eigenvalue weighted by Crippen LogP contribution is -2.41. The molecule has 0 spiro atoms. The Hall–Kier alpha value is -2.67. The number of nitrogens with zero attached hydrogens (tertiary/aromatic N) is 4. The highest BCUT2D eigenvalue weighted by Crippen LogP contribution is 2.42. The first kappa shape index (κ1) is 14.5. The third-order valence-electron chi connectivity index (χ3n) is 5.75. The monoisotopic (exact) mass is 350 g/mol. The summed E-state index contributed by atoms with van der Waals surface area (Å²) in [5.74, 6) is 1.27. The number of fused-ring (bicyclic) bond motifs is 3. The minimum Gasteiger partial charge on any atom is -0.443 e. The van der Waals surface area contributed by atoms with Gasteiger partial charge in [-0.15, -0.1) is 0 Å². The van der Waals surface area contributed by atoms with Gasteiger partial charge in [0.25, 0.3) is 5.91 Å². The van der Waals surface area contributed by atoms with E-state index < -0.39 is 0 Å². The lowest BCUT2D eigenvalue weighted by atomic mass is 10.1. The van der Waals surface area contributed by atoms with Gasteiger partial charge < -0.3 is 14.1 Å². The first-order valence-corrected chi connectivity index (χ1v) is 9.10. The molecule has 132 valence electrons. The number of amides is 1. The standard InChI is InChI=1S/C19H18N4O3/c24-19(22-8-14-4-13(22)9-25-14)16-5-21-18-15(17-6-20-10-26-17)3-12(7-23(16)18)11-1-2-11/h3,5-7,10-11,13-14H,1-2,4,8-9H2/t13-,14-/m0/s1. The fraction of sp³-hybridized carbons (Fsp3) is 0.421. The largest absolute Gasteiger partial charge is 0.443 e. The lowest BCUT2D eigenvalue weighted by Gasteiger charge is -2.26. The van der Waals surface area contributed by atoms with E-state index in [1.807, 2.05) is 9.30 Å². The highest BCUT2D eigenvalue weighted by atomic mass is 16.5. The van der Waals surface area contributed by atoms with Crippen LogP contribution in [-0.2, 0) is 4.74 Å². The number of ether oxygens (including phenoxy) is 1. The van der Waals surface area contributed by atoms with Crippen LogP contribution in [0.3, 0.4) is 0 Å². The molecule has 0 aromatic carbocycles. The zero-order valence-corrected chi connectivity index (χ0v) is 14.2. The molecule has 5 heterocycles. The average Bonchev–Trinajstić information content (AvgIpc) is 3.11. The molecule has 2 aliphatic heterocycles. The Morgan fingerprint density at radius 3 is 2.88 bits per heavy atom. The highest BCUT2D eigenvalue weighted by molar-refractivity contribution is 5.95. The molecule has 6 rings (SSSR count). The Bertz CT molecular complexity index is 1010. The molecule has 1 amide bonds. The van der Waals surface area contributed by atoms with Crippen LogP contribution >= 0.6 is 0 Å². The summed E-state index contributed by atoms with van der Waals surface area (Å²) < 4.78 is 13.1. The third-order valence-corrected chi connectivity index (χ3v) is 5.75. The number of imidazole rings is 1. The molecule has 3 aliphatic rings. The number of pyridine rings is 1. The molecule has 0 unspecified atom stereocenters. The van der Waals surface area contributed by atoms with Crippen LogP contribution in [0.25, 0.3) is 17.0 Å². The maximum Gasteiger partial charge on any atom is 0.272 e. The normalized spacial score (nSPS) is 24.7. The molecule has 26 heavy (non-hydrogen) atoms. The van der Waals surface area contributed by atoms with Crippen LogP contribution in [0.4, 0.5) is 0 Å². The van der Waals surface area contributed by atoms with Crippen molar-refractivity contribution in [3.63, 3.8) is 0 Å². The van der Waals surface area contributed by atoms with Gasteiger partial charge in [0.2, 0.25) is 0 Å². The van der Waals surface area contributed by atoms with E-state index in [-0.39, 0.29) is 18.1 Å². The molecule has 7 nitrogen and oxygen atoms in total. The van der Waals surface area contributed by atoms with Crippen molar-refractivity contribution in [3.8, 4) is 11.3 Å². The van der Waals surface area contributed by atoms with E-state index in [2.05, 4.69) is 22.2 Å². The molecule has 0 N–H and O–H groups in total. The van der Waals surface area contributed by atoms with Crippen molar-refractivity contribution in [1.82, 2.24) is 19.3 Å². The number of rotatable bonds is 3. The first-order valence-electron chi connectivity index (χ1n) is 9.10. The predicted octanol–water partition coefficient (Wildman–Crippen LogP) is 2.48. The predicted molar refractivity (Wildman–Crippen MR) is 91.8 cm³/mol. The summed E-state index contributed by atoms with van der Waals surface area (Å²) >= 11 is 0. The van der Waals surface area contributed by atoms with E-state index in [1.165, 1.54) is 24.8 Å². The molecule has 3 aromatic rings. The molecule has 0 radical (unpaired) electrons. The number of oxazole rings is 1. The van der Waals surface area contributed by atoms with Crippen LogP contribution in [0.5, 0.6) is 0 Å². The fourth-order valence-corrected chi connectivity index (χ4v) is 4.23. The van der Waals surface area contributed by atoms with E-state index in [0.29, 0.717) is 30.5 Å². The number of hydrogen-bond acceptors (Lipinski definition) is 5. The Morgan fingerprint density at radius 2 is 2.19 bits per heavy atom. The Kier molecular flexibility index (Phi) is 2.88. The highest BCUT2D eigenvalue weighted by Gasteiger charge is 2.42. The Labute approximate surface area is 149 Å². The van der Waals surface area contributed by atoms with Crippen LogP contribution in [0.15, 0.2) is 35.5 Å². The Morgan fingerprint density at radius 1 is 1.27 bits per heavy atom. The van der Waals surface area contributed by atoms with E-state index in [1.54, 1.807) is 12.4 Å². The summed E-state index contributed by atoms with van der Waals surface area (Å²) in [5, 5.41) is 0. The second kappa shape index (κ2) is 5.17. The maximum atomic E-state index is 13.2. The number of likely N-dealkylation sites (tertiary alicyclic amines) is 1. The second-order valence-corrected chi connectivity index (χ2v) is 7.47. The van der Waals surface area contributed by atoms with E-state index in [4.69, 9.17) is 9.15 Å². The van der Waals surface area contributed by atoms with E-state index in [0.717, 1.165) is 17.6 Å². The molecule has 2 bridgehead atoms. The van der Waals surface area contributed by atoms with E-state index in [9.17, 15) is 4.79 Å². The van der Waals surface area contributed by atoms with Gasteiger partial charge in [0, 0.05) is 12.7 Å². The number of morpholine rings is 1. The van der Waals surface area contributed by atoms with Gasteiger partial charge in [-0.1, -0.05) is 0 Å². The van der Waals surface area contributed by atoms with Crippen LogP contribution in [-0.4, -0.2) is 50.5 Å². The molecule has 3 fully saturated rings. The molecular formula is C19H18N4O3. The molecule has 2 atom stereocenters. The topological polar surface area (TPSA) is 72.9 Å². The van der Waals surface area contributed by atoms with Crippen molar-refractivity contribution in [3.05, 3.63) is 42.3 Å². The summed E-state index contributed by atoms with van der Waals surface area (Å²) in [6, 6.07) is 2.32. The van der Waals surface area contributed by atoms with Crippen molar-refractivity contribution in [2.75, 3.05) is 13.2 Å². The minimum absolute atomic E-state index is 0.0322. The minimum atomic E-state index is 0.0322. The number of hydrogen-bond donors (Lipinski definition) is 0. The van der Waals surface area contributed by atoms with Gasteiger partial charge >= 0.3 is 0 Å². The molecule has 3 aromatic heterocycles. The smallest absolute Gasteiger partial charge is 0.272 e. The van der Waals surface area contributed by atoms with Gasteiger partial charge in [0.05, 0.1) is 36.7 Å². The first-order chi connectivity index (χ1) is 12.8. The zero-order valence-electron chi connectivity index (χ0n) is 14.2. The van der Waals surface area contributed by atoms with Crippen molar-refractivity contribution in [2.45, 2.75) is 37.3 Å². The summed E-state index contributed by atoms with van der Waals surface area (Å²) in [4.78, 5) is 23.7. The number of carbonyl (C=O) groups excluding carboxylic acids is 1. The summed E-state index contributed by atoms with van der Waals surface area (Å²) in [6.07, 6.45) is 10.4. The van der Waals surface area contributed by atoms with Gasteiger partial charge in [0.1, 0.15) is 11.3 Å². The molecule has 2 saturated heterocycles. The quantitative estimate of drug-likeness (QED) is 0.726. The summed E-state index contributed by atoms with van der Waals surface area (Å²) in [6.45, 7) is 1.32. The SMILES string of the molecule is O=C(c1cnc2c(-c3cnco3)cc(C3CC3)cn12)N1C[C@@H]2C[C@H]1CO2. The zero-order chi connectivity index (χ0) is 17.3. The fourth-order valence-electron chi connectivity index (χ4n) is 4.23. The Balaban J connectivity index is 1.49. The van der Waals surface area contributed by atoms with Crippen molar-refractivity contribution in [1.29, 1.82) is 0 Å². The van der Waals surface area contributed by atoms with Crippen LogP contribution in [0, 0.1) is 0 Å². The molecule has 7 heteroatoms. The molecular weight excluding hydrogens is 332 g/mol. The van der Waals surface area contributed by atoms with Crippen LogP contribution in [0.2, 0.25) is 0 Å². The number of aromatic nitrogens is 3. The van der Waals surface area contributed by atoms with Gasteiger partial charge in [-0.2, -0.15) is 0 Å². The van der Waals surface area contributed by atoms with Gasteiger partial charge in [-0.25, -0.2) is 9.97 Å².